The minimum absolute atomic E-state index is 0.198. The van der Waals surface area contributed by atoms with Crippen molar-refractivity contribution in [3.8, 4) is 0 Å². The summed E-state index contributed by atoms with van der Waals surface area (Å²) in [6.07, 6.45) is 0. The fraction of sp³-hybridized carbons (Fsp3) is 1.00. The van der Waals surface area contributed by atoms with Gasteiger partial charge in [-0.3, -0.25) is 4.90 Å². The molecule has 0 aromatic heterocycles. The third-order valence-corrected chi connectivity index (χ3v) is 3.54. The Hall–Kier alpha value is -0.120. The molecule has 0 heterocycles. The van der Waals surface area contributed by atoms with Crippen molar-refractivity contribution >= 4 is 0 Å². The van der Waals surface area contributed by atoms with E-state index in [1.165, 1.54) is 0 Å². The molecule has 2 unspecified atom stereocenters. The van der Waals surface area contributed by atoms with E-state index in [1.54, 1.807) is 7.11 Å². The predicted molar refractivity (Wildman–Crippen MR) is 84.7 cm³/mol. The van der Waals surface area contributed by atoms with Gasteiger partial charge in [-0.15, -0.1) is 0 Å². The van der Waals surface area contributed by atoms with E-state index in [2.05, 4.69) is 58.7 Å². The number of nitrogens with one attached hydrogen (secondary N) is 1. The van der Waals surface area contributed by atoms with Gasteiger partial charge in [0.25, 0.3) is 0 Å². The van der Waals surface area contributed by atoms with E-state index in [4.69, 9.17) is 4.74 Å². The summed E-state index contributed by atoms with van der Waals surface area (Å²) in [6, 6.07) is 0.576. The fourth-order valence-corrected chi connectivity index (χ4v) is 2.14. The highest BCUT2D eigenvalue weighted by atomic mass is 16.5. The van der Waals surface area contributed by atoms with Crippen LogP contribution in [0.1, 0.15) is 48.5 Å². The van der Waals surface area contributed by atoms with Crippen molar-refractivity contribution in [3.05, 3.63) is 0 Å². The third-order valence-electron chi connectivity index (χ3n) is 3.54. The topological polar surface area (TPSA) is 24.5 Å². The first-order valence-electron chi connectivity index (χ1n) is 7.65. The van der Waals surface area contributed by atoms with Crippen LogP contribution in [0.4, 0.5) is 0 Å². The van der Waals surface area contributed by atoms with Gasteiger partial charge in [-0.05, 0) is 46.1 Å². The van der Waals surface area contributed by atoms with Crippen LogP contribution in [0.3, 0.4) is 0 Å². The quantitative estimate of drug-likeness (QED) is 0.698. The van der Waals surface area contributed by atoms with Gasteiger partial charge in [0.05, 0.1) is 6.61 Å². The van der Waals surface area contributed by atoms with E-state index in [0.717, 1.165) is 26.2 Å². The first-order chi connectivity index (χ1) is 8.67. The van der Waals surface area contributed by atoms with Gasteiger partial charge in [0, 0.05) is 31.8 Å². The summed E-state index contributed by atoms with van der Waals surface area (Å²) in [6.45, 7) is 20.0. The summed E-state index contributed by atoms with van der Waals surface area (Å²) < 4.78 is 5.24. The van der Waals surface area contributed by atoms with Crippen molar-refractivity contribution in [2.75, 3.05) is 33.4 Å². The van der Waals surface area contributed by atoms with Crippen molar-refractivity contribution < 1.29 is 4.74 Å². The molecule has 0 radical (unpaired) electrons. The van der Waals surface area contributed by atoms with Crippen LogP contribution in [0.5, 0.6) is 0 Å². The zero-order chi connectivity index (χ0) is 15.1. The molecule has 0 bridgehead atoms. The summed E-state index contributed by atoms with van der Waals surface area (Å²) in [5.74, 6) is 1.33. The molecule has 3 heteroatoms. The van der Waals surface area contributed by atoms with Crippen LogP contribution in [-0.4, -0.2) is 49.8 Å². The lowest BCUT2D eigenvalue weighted by atomic mass is 9.99. The zero-order valence-electron chi connectivity index (χ0n) is 14.4. The summed E-state index contributed by atoms with van der Waals surface area (Å²) >= 11 is 0. The molecule has 1 N–H and O–H groups in total. The zero-order valence-corrected chi connectivity index (χ0v) is 14.4. The monoisotopic (exact) mass is 272 g/mol. The maximum atomic E-state index is 5.24. The lowest BCUT2D eigenvalue weighted by Crippen LogP contribution is -2.47. The van der Waals surface area contributed by atoms with Gasteiger partial charge >= 0.3 is 0 Å². The smallest absolute Gasteiger partial charge is 0.0589 e. The molecule has 3 nitrogen and oxygen atoms in total. The third kappa shape index (κ3) is 9.42. The van der Waals surface area contributed by atoms with Gasteiger partial charge in [-0.2, -0.15) is 0 Å². The molecule has 0 fully saturated rings. The second-order valence-corrected chi connectivity index (χ2v) is 7.23. The van der Waals surface area contributed by atoms with E-state index in [1.807, 2.05) is 0 Å². The van der Waals surface area contributed by atoms with Crippen LogP contribution in [0.2, 0.25) is 0 Å². The lowest BCUT2D eigenvalue weighted by Gasteiger charge is -2.35. The van der Waals surface area contributed by atoms with Crippen LogP contribution in [-0.2, 0) is 4.74 Å². The van der Waals surface area contributed by atoms with Crippen molar-refractivity contribution in [2.45, 2.75) is 60.0 Å². The number of ether oxygens (including phenoxy) is 1. The van der Waals surface area contributed by atoms with E-state index < -0.39 is 0 Å². The molecule has 0 spiro atoms. The SMILES string of the molecule is COCCN(CC(C)C)C(C)C(C)CNC(C)(C)C. The Morgan fingerprint density at radius 3 is 2.11 bits per heavy atom. The average molecular weight is 272 g/mol. The van der Waals surface area contributed by atoms with Crippen LogP contribution in [0, 0.1) is 11.8 Å². The molecule has 0 aromatic carbocycles. The Bertz CT molecular complexity index is 223. The molecule has 0 amide bonds. The van der Waals surface area contributed by atoms with E-state index in [0.29, 0.717) is 17.9 Å². The number of hydrogen-bond acceptors (Lipinski definition) is 3. The number of methoxy groups -OCH3 is 1. The van der Waals surface area contributed by atoms with Gasteiger partial charge in [0.2, 0.25) is 0 Å². The molecule has 0 aliphatic heterocycles. The Labute approximate surface area is 121 Å². The maximum absolute atomic E-state index is 5.24. The highest BCUT2D eigenvalue weighted by Crippen LogP contribution is 2.13. The number of rotatable bonds is 9. The summed E-state index contributed by atoms with van der Waals surface area (Å²) in [7, 11) is 1.78. The van der Waals surface area contributed by atoms with Crippen LogP contribution < -0.4 is 5.32 Å². The summed E-state index contributed by atoms with van der Waals surface area (Å²) in [4.78, 5) is 2.56. The van der Waals surface area contributed by atoms with Gasteiger partial charge in [0.15, 0.2) is 0 Å². The molecular formula is C16H36N2O. The molecule has 19 heavy (non-hydrogen) atoms. The lowest BCUT2D eigenvalue weighted by molar-refractivity contribution is 0.0925. The Balaban J connectivity index is 4.37. The Morgan fingerprint density at radius 1 is 1.11 bits per heavy atom. The molecule has 0 saturated heterocycles. The second kappa shape index (κ2) is 8.93. The summed E-state index contributed by atoms with van der Waals surface area (Å²) in [5.41, 5.74) is 0.198. The first kappa shape index (κ1) is 18.9. The van der Waals surface area contributed by atoms with Gasteiger partial charge in [-0.25, -0.2) is 0 Å². The second-order valence-electron chi connectivity index (χ2n) is 7.23. The van der Waals surface area contributed by atoms with Gasteiger partial charge in [-0.1, -0.05) is 20.8 Å². The molecule has 0 aliphatic carbocycles. The molecule has 0 rings (SSSR count). The minimum atomic E-state index is 0.198. The largest absolute Gasteiger partial charge is 0.383 e. The molecule has 0 saturated carbocycles. The normalized spacial score (nSPS) is 16.1. The molecule has 116 valence electrons. The van der Waals surface area contributed by atoms with Crippen LogP contribution >= 0.6 is 0 Å². The van der Waals surface area contributed by atoms with Gasteiger partial charge < -0.3 is 10.1 Å². The van der Waals surface area contributed by atoms with Gasteiger partial charge in [0.1, 0.15) is 0 Å². The fourth-order valence-electron chi connectivity index (χ4n) is 2.14. The highest BCUT2D eigenvalue weighted by Gasteiger charge is 2.22. The molecule has 2 atom stereocenters. The number of nitrogens with zero attached hydrogens (tertiary/aromatic N) is 1. The highest BCUT2D eigenvalue weighted by molar-refractivity contribution is 4.79. The van der Waals surface area contributed by atoms with Crippen LogP contribution in [0.15, 0.2) is 0 Å². The maximum Gasteiger partial charge on any atom is 0.0589 e. The van der Waals surface area contributed by atoms with Crippen molar-refractivity contribution in [1.82, 2.24) is 10.2 Å². The van der Waals surface area contributed by atoms with Crippen molar-refractivity contribution in [3.63, 3.8) is 0 Å². The van der Waals surface area contributed by atoms with Crippen molar-refractivity contribution in [2.24, 2.45) is 11.8 Å². The predicted octanol–water partition coefficient (Wildman–Crippen LogP) is 3.00. The molecular weight excluding hydrogens is 236 g/mol. The molecule has 0 aromatic rings. The Morgan fingerprint density at radius 2 is 1.68 bits per heavy atom. The first-order valence-corrected chi connectivity index (χ1v) is 7.65. The average Bonchev–Trinajstić information content (AvgIpc) is 2.29. The van der Waals surface area contributed by atoms with E-state index >= 15 is 0 Å². The summed E-state index contributed by atoms with van der Waals surface area (Å²) in [5, 5.41) is 3.61. The standard InChI is InChI=1S/C16H36N2O/c1-13(2)12-18(9-10-19-8)15(4)14(3)11-17-16(5,6)7/h13-15,17H,9-12H2,1-8H3. The number of hydrogen-bond donors (Lipinski definition) is 1. The molecule has 0 aliphatic rings. The van der Waals surface area contributed by atoms with Crippen molar-refractivity contribution in [1.29, 1.82) is 0 Å². The van der Waals surface area contributed by atoms with E-state index in [9.17, 15) is 0 Å². The Kier molecular flexibility index (Phi) is 8.88. The van der Waals surface area contributed by atoms with E-state index in [-0.39, 0.29) is 5.54 Å². The minimum Gasteiger partial charge on any atom is -0.383 e. The van der Waals surface area contributed by atoms with Crippen LogP contribution in [0.25, 0.3) is 0 Å².